The van der Waals surface area contributed by atoms with Crippen LogP contribution in [0, 0.1) is 0 Å². The van der Waals surface area contributed by atoms with Crippen LogP contribution in [0.2, 0.25) is 0 Å². The van der Waals surface area contributed by atoms with Gasteiger partial charge in [-0.05, 0) is 12.1 Å². The highest BCUT2D eigenvalue weighted by Crippen LogP contribution is 2.26. The van der Waals surface area contributed by atoms with E-state index in [9.17, 15) is 9.59 Å². The highest BCUT2D eigenvalue weighted by molar-refractivity contribution is 6.15. The average Bonchev–Trinajstić information content (AvgIpc) is 2.31. The third-order valence-corrected chi connectivity index (χ3v) is 1.85. The second kappa shape index (κ2) is 2.22. The first kappa shape index (κ1) is 7.60. The van der Waals surface area contributed by atoms with Crippen LogP contribution in [0.15, 0.2) is 12.1 Å². The fourth-order valence-electron chi connectivity index (χ4n) is 1.17. The van der Waals surface area contributed by atoms with Gasteiger partial charge in [0, 0.05) is 0 Å². The molecular formula is C8H6N2O3. The second-order valence-electron chi connectivity index (χ2n) is 2.70. The lowest BCUT2D eigenvalue weighted by Gasteiger charge is -1.99. The van der Waals surface area contributed by atoms with Crippen LogP contribution in [-0.2, 0) is 4.74 Å². The van der Waals surface area contributed by atoms with E-state index in [0.717, 1.165) is 0 Å². The third kappa shape index (κ3) is 0.936. The van der Waals surface area contributed by atoms with Crippen LogP contribution in [0.5, 0.6) is 0 Å². The van der Waals surface area contributed by atoms with Crippen molar-refractivity contribution in [3.63, 3.8) is 0 Å². The summed E-state index contributed by atoms with van der Waals surface area (Å²) in [4.78, 5) is 22.0. The quantitative estimate of drug-likeness (QED) is 0.335. The van der Waals surface area contributed by atoms with Crippen molar-refractivity contribution in [2.24, 2.45) is 0 Å². The predicted molar refractivity (Wildman–Crippen MR) is 45.0 cm³/mol. The number of hydrogen-bond acceptors (Lipinski definition) is 5. The molecule has 0 radical (unpaired) electrons. The lowest BCUT2D eigenvalue weighted by molar-refractivity contribution is 0.0444. The van der Waals surface area contributed by atoms with Gasteiger partial charge in [0.25, 0.3) is 0 Å². The third-order valence-electron chi connectivity index (χ3n) is 1.85. The predicted octanol–water partition coefficient (Wildman–Crippen LogP) is 0.162. The summed E-state index contributed by atoms with van der Waals surface area (Å²) in [6.45, 7) is 0. The summed E-state index contributed by atoms with van der Waals surface area (Å²) in [5.74, 6) is -1.35. The van der Waals surface area contributed by atoms with Crippen molar-refractivity contribution >= 4 is 23.3 Å². The van der Waals surface area contributed by atoms with E-state index in [4.69, 9.17) is 11.5 Å². The van der Waals surface area contributed by atoms with Gasteiger partial charge in [-0.3, -0.25) is 0 Å². The first-order valence-electron chi connectivity index (χ1n) is 3.55. The molecule has 5 nitrogen and oxygen atoms in total. The zero-order valence-corrected chi connectivity index (χ0v) is 6.53. The van der Waals surface area contributed by atoms with Crippen LogP contribution in [0.25, 0.3) is 0 Å². The Kier molecular flexibility index (Phi) is 1.30. The number of anilines is 2. The van der Waals surface area contributed by atoms with Crippen LogP contribution in [0.3, 0.4) is 0 Å². The number of carbonyl (C=O) groups is 2. The summed E-state index contributed by atoms with van der Waals surface area (Å²) in [5.41, 5.74) is 11.8. The minimum absolute atomic E-state index is 0.178. The highest BCUT2D eigenvalue weighted by Gasteiger charge is 2.30. The van der Waals surface area contributed by atoms with Gasteiger partial charge in [-0.2, -0.15) is 0 Å². The lowest BCUT2D eigenvalue weighted by Crippen LogP contribution is -1.99. The molecule has 0 saturated heterocycles. The van der Waals surface area contributed by atoms with E-state index in [1.165, 1.54) is 12.1 Å². The van der Waals surface area contributed by atoms with Crippen LogP contribution in [0.4, 0.5) is 11.4 Å². The Hall–Kier alpha value is -2.04. The fourth-order valence-corrected chi connectivity index (χ4v) is 1.17. The molecule has 0 aromatic heterocycles. The standard InChI is InChI=1S/C8H6N2O3/c9-5-1-3-4(2-6(5)10)8(12)13-7(3)11/h1-2H,9-10H2. The van der Waals surface area contributed by atoms with Gasteiger partial charge in [0.1, 0.15) is 0 Å². The molecule has 13 heavy (non-hydrogen) atoms. The average molecular weight is 178 g/mol. The summed E-state index contributed by atoms with van der Waals surface area (Å²) in [6.07, 6.45) is 0. The number of esters is 2. The molecule has 1 aliphatic heterocycles. The summed E-state index contributed by atoms with van der Waals surface area (Å²) in [7, 11) is 0. The van der Waals surface area contributed by atoms with Gasteiger partial charge in [0.05, 0.1) is 22.5 Å². The number of carbonyl (C=O) groups excluding carboxylic acids is 2. The van der Waals surface area contributed by atoms with E-state index in [1.807, 2.05) is 0 Å². The summed E-state index contributed by atoms with van der Waals surface area (Å²) < 4.78 is 4.35. The molecular weight excluding hydrogens is 172 g/mol. The number of hydrogen-bond donors (Lipinski definition) is 2. The van der Waals surface area contributed by atoms with Crippen molar-refractivity contribution in [3.05, 3.63) is 23.3 Å². The van der Waals surface area contributed by atoms with E-state index in [0.29, 0.717) is 0 Å². The Balaban J connectivity index is 2.72. The van der Waals surface area contributed by atoms with Gasteiger partial charge in [0.2, 0.25) is 0 Å². The first-order chi connectivity index (χ1) is 6.09. The molecule has 1 heterocycles. The minimum Gasteiger partial charge on any atom is -0.397 e. The van der Waals surface area contributed by atoms with Gasteiger partial charge in [-0.25, -0.2) is 9.59 Å². The molecule has 0 bridgehead atoms. The van der Waals surface area contributed by atoms with Crippen molar-refractivity contribution in [2.75, 3.05) is 11.5 Å². The van der Waals surface area contributed by atoms with Crippen LogP contribution in [-0.4, -0.2) is 11.9 Å². The number of nitrogen functional groups attached to an aromatic ring is 2. The molecule has 1 aromatic rings. The molecule has 5 heteroatoms. The first-order valence-corrected chi connectivity index (χ1v) is 3.55. The summed E-state index contributed by atoms with van der Waals surface area (Å²) in [6, 6.07) is 2.69. The van der Waals surface area contributed by atoms with E-state index in [1.54, 1.807) is 0 Å². The maximum atomic E-state index is 11.0. The van der Waals surface area contributed by atoms with E-state index >= 15 is 0 Å². The number of ether oxygens (including phenoxy) is 1. The van der Waals surface area contributed by atoms with Gasteiger partial charge in [-0.15, -0.1) is 0 Å². The molecule has 1 aromatic carbocycles. The lowest BCUT2D eigenvalue weighted by atomic mass is 10.1. The van der Waals surface area contributed by atoms with Crippen molar-refractivity contribution in [1.82, 2.24) is 0 Å². The monoisotopic (exact) mass is 178 g/mol. The van der Waals surface area contributed by atoms with Crippen molar-refractivity contribution in [2.45, 2.75) is 0 Å². The maximum Gasteiger partial charge on any atom is 0.346 e. The SMILES string of the molecule is Nc1cc2c(cc1N)C(=O)OC2=O. The van der Waals surface area contributed by atoms with Crippen LogP contribution >= 0.6 is 0 Å². The second-order valence-corrected chi connectivity index (χ2v) is 2.70. The molecule has 0 unspecified atom stereocenters. The zero-order chi connectivity index (χ0) is 9.59. The van der Waals surface area contributed by atoms with E-state index in [2.05, 4.69) is 4.74 Å². The van der Waals surface area contributed by atoms with E-state index < -0.39 is 11.9 Å². The Morgan fingerprint density at radius 3 is 1.69 bits per heavy atom. The number of benzene rings is 1. The topological polar surface area (TPSA) is 95.4 Å². The smallest absolute Gasteiger partial charge is 0.346 e. The molecule has 0 saturated carbocycles. The fraction of sp³-hybridized carbons (Fsp3) is 0. The molecule has 0 atom stereocenters. The summed E-state index contributed by atoms with van der Waals surface area (Å²) in [5, 5.41) is 0. The van der Waals surface area contributed by atoms with Crippen molar-refractivity contribution < 1.29 is 14.3 Å². The van der Waals surface area contributed by atoms with E-state index in [-0.39, 0.29) is 22.5 Å². The Labute approximate surface area is 73.3 Å². The Bertz CT molecular complexity index is 387. The number of fused-ring (bicyclic) bond motifs is 1. The Morgan fingerprint density at radius 1 is 0.923 bits per heavy atom. The molecule has 66 valence electrons. The number of rotatable bonds is 0. The maximum absolute atomic E-state index is 11.0. The van der Waals surface area contributed by atoms with Crippen molar-refractivity contribution in [3.8, 4) is 0 Å². The molecule has 0 amide bonds. The highest BCUT2D eigenvalue weighted by atomic mass is 16.6. The van der Waals surface area contributed by atoms with Gasteiger partial charge < -0.3 is 16.2 Å². The largest absolute Gasteiger partial charge is 0.397 e. The number of nitrogens with two attached hydrogens (primary N) is 2. The molecule has 0 fully saturated rings. The summed E-state index contributed by atoms with van der Waals surface area (Å²) >= 11 is 0. The molecule has 0 aliphatic carbocycles. The Morgan fingerprint density at radius 2 is 1.31 bits per heavy atom. The molecule has 1 aliphatic rings. The number of cyclic esters (lactones) is 2. The molecule has 2 rings (SSSR count). The normalized spacial score (nSPS) is 14.2. The molecule has 4 N–H and O–H groups in total. The zero-order valence-electron chi connectivity index (χ0n) is 6.53. The van der Waals surface area contributed by atoms with Gasteiger partial charge in [-0.1, -0.05) is 0 Å². The van der Waals surface area contributed by atoms with Crippen LogP contribution < -0.4 is 11.5 Å². The minimum atomic E-state index is -0.674. The van der Waals surface area contributed by atoms with Gasteiger partial charge in [0.15, 0.2) is 0 Å². The van der Waals surface area contributed by atoms with Crippen molar-refractivity contribution in [1.29, 1.82) is 0 Å². The molecule has 0 spiro atoms. The van der Waals surface area contributed by atoms with Gasteiger partial charge >= 0.3 is 11.9 Å². The van der Waals surface area contributed by atoms with Crippen LogP contribution in [0.1, 0.15) is 20.7 Å².